The summed E-state index contributed by atoms with van der Waals surface area (Å²) in [6.45, 7) is 3.49. The highest BCUT2D eigenvalue weighted by atomic mass is 35.5. The second kappa shape index (κ2) is 6.17. The molecule has 0 amide bonds. The minimum Gasteiger partial charge on any atom is -0.300 e. The zero-order chi connectivity index (χ0) is 15.4. The molecule has 24 heavy (non-hydrogen) atoms. The van der Waals surface area contributed by atoms with E-state index < -0.39 is 0 Å². The van der Waals surface area contributed by atoms with Gasteiger partial charge < -0.3 is 4.90 Å². The van der Waals surface area contributed by atoms with Gasteiger partial charge in [0.05, 0.1) is 5.69 Å². The molecule has 5 aliphatic rings. The second-order valence-corrected chi connectivity index (χ2v) is 7.94. The normalized spacial score (nSPS) is 36.0. The molecule has 4 aliphatic heterocycles. The van der Waals surface area contributed by atoms with Gasteiger partial charge in [0.15, 0.2) is 0 Å². The number of fused-ring (bicyclic) bond motifs is 2. The standard InChI is InChI=1S/C18H22ClN3O.ClH/c19-16-4-3-14(9-15(16)12-1-2-12)20-17-10-18(23-21-17)11-22-7-5-13(18)6-8-22;/h3-4,9,12-13H,1-2,5-8,10-11H2,(H,20,21);1H/t18-;/m0./s1. The van der Waals surface area contributed by atoms with Crippen molar-refractivity contribution < 1.29 is 4.84 Å². The van der Waals surface area contributed by atoms with E-state index in [-0.39, 0.29) is 18.0 Å². The van der Waals surface area contributed by atoms with Gasteiger partial charge in [-0.3, -0.25) is 10.3 Å². The minimum atomic E-state index is -0.0545. The van der Waals surface area contributed by atoms with Gasteiger partial charge in [0, 0.05) is 18.0 Å². The molecule has 4 saturated heterocycles. The summed E-state index contributed by atoms with van der Waals surface area (Å²) < 4.78 is 0. The molecule has 1 N–H and O–H groups in total. The molecule has 0 radical (unpaired) electrons. The summed E-state index contributed by atoms with van der Waals surface area (Å²) in [6.07, 6.45) is 5.91. The van der Waals surface area contributed by atoms with E-state index in [0.717, 1.165) is 29.5 Å². The van der Waals surface area contributed by atoms with Crippen LogP contribution in [0.15, 0.2) is 23.2 Å². The van der Waals surface area contributed by atoms with Crippen LogP contribution in [0.1, 0.15) is 43.6 Å². The van der Waals surface area contributed by atoms with Gasteiger partial charge in [-0.1, -0.05) is 11.6 Å². The second-order valence-electron chi connectivity index (χ2n) is 7.53. The van der Waals surface area contributed by atoms with Crippen molar-refractivity contribution in [2.75, 3.05) is 19.6 Å². The van der Waals surface area contributed by atoms with E-state index in [1.807, 2.05) is 12.1 Å². The number of halogens is 2. The molecule has 6 heteroatoms. The zero-order valence-electron chi connectivity index (χ0n) is 13.6. The first-order valence-electron chi connectivity index (χ1n) is 8.75. The van der Waals surface area contributed by atoms with Crippen LogP contribution < -0.4 is 5.48 Å². The molecule has 130 valence electrons. The average Bonchev–Trinajstić information content (AvgIpc) is 3.34. The van der Waals surface area contributed by atoms with Crippen LogP contribution in [-0.4, -0.2) is 36.0 Å². The van der Waals surface area contributed by atoms with Crippen molar-refractivity contribution >= 4 is 35.5 Å². The molecule has 1 aromatic rings. The predicted molar refractivity (Wildman–Crippen MR) is 98.5 cm³/mol. The average molecular weight is 368 g/mol. The molecule has 0 aromatic heterocycles. The molecular formula is C18H23Cl2N3O. The van der Waals surface area contributed by atoms with E-state index in [9.17, 15) is 0 Å². The number of amidine groups is 1. The van der Waals surface area contributed by atoms with Crippen LogP contribution in [0.2, 0.25) is 5.02 Å². The first kappa shape index (κ1) is 16.6. The number of hydrogen-bond acceptors (Lipinski definition) is 3. The maximum Gasteiger partial charge on any atom is 0.129 e. The van der Waals surface area contributed by atoms with Gasteiger partial charge in [0.2, 0.25) is 0 Å². The van der Waals surface area contributed by atoms with Crippen LogP contribution in [0.4, 0.5) is 5.69 Å². The zero-order valence-corrected chi connectivity index (χ0v) is 15.2. The van der Waals surface area contributed by atoms with Crippen LogP contribution in [0.25, 0.3) is 0 Å². The Morgan fingerprint density at radius 2 is 2.00 bits per heavy atom. The van der Waals surface area contributed by atoms with Crippen molar-refractivity contribution in [1.82, 2.24) is 10.4 Å². The highest BCUT2D eigenvalue weighted by Crippen LogP contribution is 2.45. The summed E-state index contributed by atoms with van der Waals surface area (Å²) in [4.78, 5) is 13.4. The lowest BCUT2D eigenvalue weighted by molar-refractivity contribution is -0.150. The highest BCUT2D eigenvalue weighted by Gasteiger charge is 2.52. The van der Waals surface area contributed by atoms with E-state index >= 15 is 0 Å². The molecular weight excluding hydrogens is 345 g/mol. The van der Waals surface area contributed by atoms with Crippen LogP contribution in [0.3, 0.4) is 0 Å². The first-order chi connectivity index (χ1) is 11.2. The summed E-state index contributed by atoms with van der Waals surface area (Å²) in [5, 5.41) is 0.876. The summed E-state index contributed by atoms with van der Waals surface area (Å²) in [5.74, 6) is 2.27. The van der Waals surface area contributed by atoms with Gasteiger partial charge in [-0.15, -0.1) is 12.4 Å². The first-order valence-corrected chi connectivity index (χ1v) is 9.13. The SMILES string of the molecule is Cl.Clc1ccc(N=C2C[C@@]3(CN4CCC3CC4)ON2)cc1C1CC1. The Bertz CT molecular complexity index is 668. The monoisotopic (exact) mass is 367 g/mol. The van der Waals surface area contributed by atoms with Gasteiger partial charge in [-0.25, -0.2) is 4.99 Å². The van der Waals surface area contributed by atoms with E-state index in [4.69, 9.17) is 21.4 Å². The number of hydroxylamine groups is 1. The number of piperidine rings is 3. The van der Waals surface area contributed by atoms with Crippen LogP contribution in [0, 0.1) is 5.92 Å². The van der Waals surface area contributed by atoms with Crippen molar-refractivity contribution in [3.05, 3.63) is 28.8 Å². The van der Waals surface area contributed by atoms with E-state index in [0.29, 0.717) is 11.8 Å². The molecule has 1 aliphatic carbocycles. The van der Waals surface area contributed by atoms with Gasteiger partial charge in [0.1, 0.15) is 11.4 Å². The number of rotatable bonds is 2. The summed E-state index contributed by atoms with van der Waals surface area (Å²) >= 11 is 6.31. The number of benzene rings is 1. The van der Waals surface area contributed by atoms with Crippen LogP contribution >= 0.6 is 24.0 Å². The van der Waals surface area contributed by atoms with Crippen LogP contribution in [-0.2, 0) is 4.84 Å². The molecule has 1 saturated carbocycles. The number of hydrogen-bond donors (Lipinski definition) is 1. The minimum absolute atomic E-state index is 0. The lowest BCUT2D eigenvalue weighted by Crippen LogP contribution is -2.59. The third kappa shape index (κ3) is 2.84. The fourth-order valence-electron chi connectivity index (χ4n) is 4.48. The van der Waals surface area contributed by atoms with Crippen molar-refractivity contribution in [2.24, 2.45) is 10.9 Å². The van der Waals surface area contributed by atoms with E-state index in [1.165, 1.54) is 44.3 Å². The lowest BCUT2D eigenvalue weighted by atomic mass is 9.74. The number of nitrogens with one attached hydrogen (secondary N) is 1. The Morgan fingerprint density at radius 1 is 1.21 bits per heavy atom. The van der Waals surface area contributed by atoms with Gasteiger partial charge in [-0.2, -0.15) is 0 Å². The largest absolute Gasteiger partial charge is 0.300 e. The Balaban J connectivity index is 0.00000146. The van der Waals surface area contributed by atoms with Gasteiger partial charge in [0.25, 0.3) is 0 Å². The van der Waals surface area contributed by atoms with E-state index in [2.05, 4.69) is 16.4 Å². The molecule has 5 fully saturated rings. The smallest absolute Gasteiger partial charge is 0.129 e. The molecule has 1 spiro atoms. The summed E-state index contributed by atoms with van der Waals surface area (Å²) in [7, 11) is 0. The van der Waals surface area contributed by atoms with Gasteiger partial charge in [-0.05, 0) is 74.4 Å². The number of nitrogens with zero attached hydrogens (tertiary/aromatic N) is 2. The maximum atomic E-state index is 6.31. The molecule has 1 atom stereocenters. The Hall–Kier alpha value is -0.810. The number of aliphatic imine (C=N–C) groups is 1. The van der Waals surface area contributed by atoms with Crippen LogP contribution in [0.5, 0.6) is 0 Å². The molecule has 0 unspecified atom stereocenters. The van der Waals surface area contributed by atoms with Crippen molar-refractivity contribution in [2.45, 2.75) is 43.6 Å². The topological polar surface area (TPSA) is 36.9 Å². The Morgan fingerprint density at radius 3 is 2.67 bits per heavy atom. The lowest BCUT2D eigenvalue weighted by Gasteiger charge is -2.49. The molecule has 6 rings (SSSR count). The predicted octanol–water partition coefficient (Wildman–Crippen LogP) is 4.06. The highest BCUT2D eigenvalue weighted by molar-refractivity contribution is 6.31. The summed E-state index contributed by atoms with van der Waals surface area (Å²) in [5.41, 5.74) is 5.31. The van der Waals surface area contributed by atoms with Crippen molar-refractivity contribution in [3.8, 4) is 0 Å². The maximum absolute atomic E-state index is 6.31. The van der Waals surface area contributed by atoms with E-state index in [1.54, 1.807) is 0 Å². The summed E-state index contributed by atoms with van der Waals surface area (Å²) in [6, 6.07) is 6.13. The third-order valence-electron chi connectivity index (χ3n) is 5.92. The van der Waals surface area contributed by atoms with Crippen molar-refractivity contribution in [3.63, 3.8) is 0 Å². The fraction of sp³-hybridized carbons (Fsp3) is 0.611. The Kier molecular flexibility index (Phi) is 4.28. The fourth-order valence-corrected chi connectivity index (χ4v) is 4.75. The molecule has 4 nitrogen and oxygen atoms in total. The van der Waals surface area contributed by atoms with Gasteiger partial charge >= 0.3 is 0 Å². The third-order valence-corrected chi connectivity index (χ3v) is 6.27. The molecule has 2 bridgehead atoms. The quantitative estimate of drug-likeness (QED) is 0.856. The molecule has 1 aromatic carbocycles. The molecule has 4 heterocycles. The van der Waals surface area contributed by atoms with Crippen molar-refractivity contribution in [1.29, 1.82) is 0 Å². The Labute approximate surface area is 154 Å².